The molecule has 0 amide bonds. The van der Waals surface area contributed by atoms with E-state index in [1.54, 1.807) is 13.8 Å². The molecule has 0 rings (SSSR count). The third kappa shape index (κ3) is 7.81. The van der Waals surface area contributed by atoms with Gasteiger partial charge in [0.15, 0.2) is 0 Å². The molecule has 0 aliphatic carbocycles. The summed E-state index contributed by atoms with van der Waals surface area (Å²) in [5.74, 6) is -0.361. The third-order valence-corrected chi connectivity index (χ3v) is 0.519. The van der Waals surface area contributed by atoms with Crippen molar-refractivity contribution in [2.45, 2.75) is 20.0 Å². The number of hydrogen-bond acceptors (Lipinski definition) is 2. The molecule has 0 aliphatic rings. The van der Waals surface area contributed by atoms with Crippen LogP contribution >= 0.6 is 0 Å². The van der Waals surface area contributed by atoms with Gasteiger partial charge >= 0.3 is 24.8 Å². The molecule has 0 saturated heterocycles. The molecule has 9 heavy (non-hydrogen) atoms. The summed E-state index contributed by atoms with van der Waals surface area (Å²) < 4.78 is 4.64. The Bertz CT molecular complexity index is 104. The van der Waals surface area contributed by atoms with Gasteiger partial charge in [0.05, 0.1) is 6.10 Å². The molecule has 0 spiro atoms. The van der Waals surface area contributed by atoms with E-state index in [4.69, 9.17) is 0 Å². The van der Waals surface area contributed by atoms with Gasteiger partial charge in [0.1, 0.15) is 0 Å². The predicted molar refractivity (Wildman–Crippen MR) is 32.5 cm³/mol. The standard InChI is InChI=1S/C6H10O2.Li.H/c1-4-6(7)8-5(2)3;;/h4-5H,1H2,2-3H3;;/q;+1;-1. The largest absolute Gasteiger partial charge is 1.00 e. The first kappa shape index (κ1) is 11.6. The molecule has 0 aromatic rings. The van der Waals surface area contributed by atoms with Crippen LogP contribution in [0.1, 0.15) is 15.3 Å². The van der Waals surface area contributed by atoms with Crippen molar-refractivity contribution in [1.82, 2.24) is 0 Å². The zero-order chi connectivity index (χ0) is 6.57. The Hall–Kier alpha value is -0.193. The second-order valence-electron chi connectivity index (χ2n) is 1.69. The van der Waals surface area contributed by atoms with Crippen LogP contribution in [0.4, 0.5) is 0 Å². The quantitative estimate of drug-likeness (QED) is 0.246. The van der Waals surface area contributed by atoms with Gasteiger partial charge in [0.2, 0.25) is 0 Å². The van der Waals surface area contributed by atoms with Crippen LogP contribution in [0.15, 0.2) is 12.7 Å². The summed E-state index contributed by atoms with van der Waals surface area (Å²) in [5, 5.41) is 0. The van der Waals surface area contributed by atoms with E-state index in [0.717, 1.165) is 6.08 Å². The number of hydrogen-bond donors (Lipinski definition) is 0. The molecule has 0 unspecified atom stereocenters. The minimum atomic E-state index is -0.361. The molecule has 0 fully saturated rings. The minimum absolute atomic E-state index is 0. The van der Waals surface area contributed by atoms with Crippen molar-refractivity contribution >= 4 is 5.97 Å². The van der Waals surface area contributed by atoms with E-state index in [2.05, 4.69) is 11.3 Å². The van der Waals surface area contributed by atoms with Crippen molar-refractivity contribution in [3.63, 3.8) is 0 Å². The van der Waals surface area contributed by atoms with Gasteiger partial charge in [-0.3, -0.25) is 0 Å². The number of esters is 1. The monoisotopic (exact) mass is 122 g/mol. The smallest absolute Gasteiger partial charge is 1.00 e. The molecular weight excluding hydrogens is 111 g/mol. The summed E-state index contributed by atoms with van der Waals surface area (Å²) in [6, 6.07) is 0. The third-order valence-electron chi connectivity index (χ3n) is 0.519. The molecule has 0 aromatic heterocycles. The van der Waals surface area contributed by atoms with Gasteiger partial charge in [-0.15, -0.1) is 0 Å². The summed E-state index contributed by atoms with van der Waals surface area (Å²) in [6.07, 6.45) is 1.11. The van der Waals surface area contributed by atoms with Gasteiger partial charge in [-0.2, -0.15) is 0 Å². The van der Waals surface area contributed by atoms with Gasteiger partial charge < -0.3 is 6.16 Å². The van der Waals surface area contributed by atoms with Gasteiger partial charge in [-0.05, 0) is 13.8 Å². The minimum Gasteiger partial charge on any atom is -1.00 e. The summed E-state index contributed by atoms with van der Waals surface area (Å²) >= 11 is 0. The Morgan fingerprint density at radius 2 is 2.22 bits per heavy atom. The average Bonchev–Trinajstić information content (AvgIpc) is 1.65. The molecular formula is C6H11LiO2. The Balaban J connectivity index is -0.000000245. The van der Waals surface area contributed by atoms with E-state index in [0.29, 0.717) is 0 Å². The Morgan fingerprint density at radius 1 is 1.78 bits per heavy atom. The van der Waals surface area contributed by atoms with Crippen LogP contribution < -0.4 is 18.9 Å². The zero-order valence-electron chi connectivity index (χ0n) is 7.18. The normalized spacial score (nSPS) is 7.89. The summed E-state index contributed by atoms with van der Waals surface area (Å²) in [6.45, 7) is 6.83. The van der Waals surface area contributed by atoms with Gasteiger partial charge in [0.25, 0.3) is 0 Å². The van der Waals surface area contributed by atoms with E-state index in [1.165, 1.54) is 0 Å². The van der Waals surface area contributed by atoms with Crippen molar-refractivity contribution in [2.75, 3.05) is 0 Å². The topological polar surface area (TPSA) is 26.3 Å². The molecule has 0 N–H and O–H groups in total. The van der Waals surface area contributed by atoms with Crippen molar-refractivity contribution in [3.8, 4) is 0 Å². The van der Waals surface area contributed by atoms with E-state index in [9.17, 15) is 4.79 Å². The fourth-order valence-electron chi connectivity index (χ4n) is 0.280. The number of rotatable bonds is 2. The van der Waals surface area contributed by atoms with Gasteiger partial charge in [-0.1, -0.05) is 6.58 Å². The summed E-state index contributed by atoms with van der Waals surface area (Å²) in [4.78, 5) is 10.3. The molecule has 0 atom stereocenters. The SMILES string of the molecule is C=CC(=O)OC(C)C.[H-].[Li+]. The van der Waals surface area contributed by atoms with Crippen LogP contribution in [0.3, 0.4) is 0 Å². The fourth-order valence-corrected chi connectivity index (χ4v) is 0.280. The van der Waals surface area contributed by atoms with E-state index in [-0.39, 0.29) is 32.4 Å². The number of carbonyl (C=O) groups is 1. The second-order valence-corrected chi connectivity index (χ2v) is 1.69. The first-order valence-electron chi connectivity index (χ1n) is 2.50. The van der Waals surface area contributed by atoms with Crippen LogP contribution in [-0.2, 0) is 9.53 Å². The molecule has 2 nitrogen and oxygen atoms in total. The predicted octanol–water partition coefficient (Wildman–Crippen LogP) is -1.76. The van der Waals surface area contributed by atoms with Crippen LogP contribution in [0.5, 0.6) is 0 Å². The molecule has 0 heterocycles. The molecule has 0 aromatic carbocycles. The van der Waals surface area contributed by atoms with Crippen molar-refractivity contribution < 1.29 is 29.8 Å². The van der Waals surface area contributed by atoms with E-state index >= 15 is 0 Å². The van der Waals surface area contributed by atoms with E-state index in [1.807, 2.05) is 0 Å². The maximum Gasteiger partial charge on any atom is 1.00 e. The number of ether oxygens (including phenoxy) is 1. The van der Waals surface area contributed by atoms with Crippen LogP contribution in [0, 0.1) is 0 Å². The Kier molecular flexibility index (Phi) is 7.64. The maximum atomic E-state index is 10.3. The molecule has 0 saturated carbocycles. The van der Waals surface area contributed by atoms with Crippen LogP contribution in [0.25, 0.3) is 0 Å². The summed E-state index contributed by atoms with van der Waals surface area (Å²) in [7, 11) is 0. The zero-order valence-corrected chi connectivity index (χ0v) is 6.18. The van der Waals surface area contributed by atoms with Gasteiger partial charge in [-0.25, -0.2) is 4.79 Å². The van der Waals surface area contributed by atoms with Crippen molar-refractivity contribution in [1.29, 1.82) is 0 Å². The molecule has 48 valence electrons. The Labute approximate surface area is 68.9 Å². The summed E-state index contributed by atoms with van der Waals surface area (Å²) in [5.41, 5.74) is 0. The first-order chi connectivity index (χ1) is 3.66. The van der Waals surface area contributed by atoms with E-state index < -0.39 is 0 Å². The van der Waals surface area contributed by atoms with Crippen molar-refractivity contribution in [3.05, 3.63) is 12.7 Å². The molecule has 0 bridgehead atoms. The molecule has 0 radical (unpaired) electrons. The molecule has 0 aliphatic heterocycles. The fraction of sp³-hybridized carbons (Fsp3) is 0.500. The Morgan fingerprint density at radius 3 is 2.33 bits per heavy atom. The average molecular weight is 122 g/mol. The molecule has 3 heteroatoms. The van der Waals surface area contributed by atoms with Crippen LogP contribution in [-0.4, -0.2) is 12.1 Å². The van der Waals surface area contributed by atoms with Gasteiger partial charge in [0, 0.05) is 6.08 Å². The second kappa shape index (κ2) is 5.94. The maximum absolute atomic E-state index is 10.3. The van der Waals surface area contributed by atoms with Crippen molar-refractivity contribution in [2.24, 2.45) is 0 Å². The first-order valence-corrected chi connectivity index (χ1v) is 2.50. The van der Waals surface area contributed by atoms with Crippen LogP contribution in [0.2, 0.25) is 0 Å². The number of carbonyl (C=O) groups excluding carboxylic acids is 1.